The van der Waals surface area contributed by atoms with Gasteiger partial charge in [0.1, 0.15) is 5.52 Å². The fourth-order valence-corrected chi connectivity index (χ4v) is 3.69. The largest absolute Gasteiger partial charge is 0.478 e. The third-order valence-electron chi connectivity index (χ3n) is 5.26. The van der Waals surface area contributed by atoms with E-state index in [1.165, 1.54) is 0 Å². The van der Waals surface area contributed by atoms with Crippen molar-refractivity contribution >= 4 is 23.0 Å². The molecular weight excluding hydrogens is 356 g/mol. The average molecular weight is 378 g/mol. The molecule has 144 valence electrons. The van der Waals surface area contributed by atoms with Crippen LogP contribution < -0.4 is 0 Å². The molecule has 1 aromatic heterocycles. The van der Waals surface area contributed by atoms with Crippen molar-refractivity contribution in [3.05, 3.63) is 65.5 Å². The van der Waals surface area contributed by atoms with Crippen molar-refractivity contribution in [2.24, 2.45) is 0 Å². The Morgan fingerprint density at radius 3 is 2.68 bits per heavy atom. The number of benzene rings is 2. The second-order valence-corrected chi connectivity index (χ2v) is 7.20. The first-order valence-corrected chi connectivity index (χ1v) is 9.55. The number of carbonyl (C=O) groups is 2. The average Bonchev–Trinajstić information content (AvgIpc) is 3.17. The minimum atomic E-state index is -0.943. The monoisotopic (exact) mass is 378 g/mol. The third kappa shape index (κ3) is 3.91. The number of aromatic carboxylic acids is 1. The van der Waals surface area contributed by atoms with E-state index in [4.69, 9.17) is 9.52 Å². The molecule has 6 nitrogen and oxygen atoms in total. The van der Waals surface area contributed by atoms with Gasteiger partial charge in [0.15, 0.2) is 11.5 Å². The normalized spacial score (nSPS) is 17.0. The lowest BCUT2D eigenvalue weighted by Crippen LogP contribution is -2.39. The number of fused-ring (bicyclic) bond motifs is 1. The van der Waals surface area contributed by atoms with Crippen molar-refractivity contribution in [2.45, 2.75) is 31.6 Å². The van der Waals surface area contributed by atoms with Gasteiger partial charge in [-0.05, 0) is 49.1 Å². The lowest BCUT2D eigenvalue weighted by Gasteiger charge is -2.31. The van der Waals surface area contributed by atoms with E-state index in [-0.39, 0.29) is 17.4 Å². The highest BCUT2D eigenvalue weighted by atomic mass is 16.4. The van der Waals surface area contributed by atoms with Crippen LogP contribution in [0.1, 0.15) is 47.0 Å². The molecule has 0 aliphatic carbocycles. The van der Waals surface area contributed by atoms with Gasteiger partial charge in [0.25, 0.3) is 0 Å². The fourth-order valence-electron chi connectivity index (χ4n) is 3.69. The smallest absolute Gasteiger partial charge is 0.335 e. The van der Waals surface area contributed by atoms with Crippen LogP contribution in [-0.2, 0) is 11.2 Å². The van der Waals surface area contributed by atoms with Crippen LogP contribution in [0.5, 0.6) is 0 Å². The molecule has 1 amide bonds. The second-order valence-electron chi connectivity index (χ2n) is 7.20. The zero-order valence-corrected chi connectivity index (χ0v) is 15.5. The number of carboxylic acids is 1. The molecule has 3 aromatic rings. The summed E-state index contributed by atoms with van der Waals surface area (Å²) in [6.45, 7) is 1.39. The van der Waals surface area contributed by atoms with Crippen molar-refractivity contribution in [3.8, 4) is 0 Å². The van der Waals surface area contributed by atoms with Gasteiger partial charge in [-0.3, -0.25) is 4.79 Å². The predicted molar refractivity (Wildman–Crippen MR) is 104 cm³/mol. The Bertz CT molecular complexity index is 960. The lowest BCUT2D eigenvalue weighted by atomic mass is 9.97. The van der Waals surface area contributed by atoms with Gasteiger partial charge in [0.2, 0.25) is 5.91 Å². The summed E-state index contributed by atoms with van der Waals surface area (Å²) in [6.07, 6.45) is 2.91. The maximum atomic E-state index is 12.7. The van der Waals surface area contributed by atoms with Crippen LogP contribution in [-0.4, -0.2) is 40.0 Å². The molecule has 1 atom stereocenters. The molecule has 0 radical (unpaired) electrons. The van der Waals surface area contributed by atoms with Gasteiger partial charge in [0.05, 0.1) is 11.5 Å². The number of hydrogen-bond donors (Lipinski definition) is 1. The van der Waals surface area contributed by atoms with Gasteiger partial charge in [-0.15, -0.1) is 0 Å². The predicted octanol–water partition coefficient (Wildman–Crippen LogP) is 3.86. The quantitative estimate of drug-likeness (QED) is 0.729. The number of piperidine rings is 1. The first-order chi connectivity index (χ1) is 13.6. The molecule has 1 aliphatic heterocycles. The summed E-state index contributed by atoms with van der Waals surface area (Å²) in [5, 5.41) is 8.96. The van der Waals surface area contributed by atoms with Crippen LogP contribution in [0.3, 0.4) is 0 Å². The Hall–Kier alpha value is -3.15. The lowest BCUT2D eigenvalue weighted by molar-refractivity contribution is -0.132. The minimum Gasteiger partial charge on any atom is -0.478 e. The molecule has 0 spiro atoms. The number of aryl methyl sites for hydroxylation is 1. The van der Waals surface area contributed by atoms with E-state index in [0.717, 1.165) is 36.0 Å². The Balaban J connectivity index is 1.37. The van der Waals surface area contributed by atoms with E-state index in [0.29, 0.717) is 25.3 Å². The standard InChI is InChI=1S/C22H22N2O4/c25-20(12-9-15-7-10-16(11-8-15)22(26)27)24-13-3-4-17(14-24)21-23-18-5-1-2-6-19(18)28-21/h1-2,5-8,10-11,17H,3-4,9,12-14H2,(H,26,27). The number of carbonyl (C=O) groups excluding carboxylic acids is 1. The summed E-state index contributed by atoms with van der Waals surface area (Å²) in [4.78, 5) is 30.1. The highest BCUT2D eigenvalue weighted by molar-refractivity contribution is 5.87. The molecule has 2 aromatic carbocycles. The van der Waals surface area contributed by atoms with Gasteiger partial charge in [-0.1, -0.05) is 24.3 Å². The molecule has 1 unspecified atom stereocenters. The number of rotatable bonds is 5. The van der Waals surface area contributed by atoms with Gasteiger partial charge in [0, 0.05) is 19.5 Å². The van der Waals surface area contributed by atoms with Gasteiger partial charge < -0.3 is 14.4 Å². The number of hydrogen-bond acceptors (Lipinski definition) is 4. The third-order valence-corrected chi connectivity index (χ3v) is 5.26. The number of amides is 1. The van der Waals surface area contributed by atoms with Crippen molar-refractivity contribution in [1.82, 2.24) is 9.88 Å². The molecule has 1 N–H and O–H groups in total. The zero-order valence-electron chi connectivity index (χ0n) is 15.5. The van der Waals surface area contributed by atoms with Crippen LogP contribution in [0.4, 0.5) is 0 Å². The summed E-state index contributed by atoms with van der Waals surface area (Å²) >= 11 is 0. The van der Waals surface area contributed by atoms with Crippen molar-refractivity contribution in [2.75, 3.05) is 13.1 Å². The van der Waals surface area contributed by atoms with Gasteiger partial charge >= 0.3 is 5.97 Å². The van der Waals surface area contributed by atoms with Crippen LogP contribution in [0.15, 0.2) is 52.9 Å². The number of aromatic nitrogens is 1. The van der Waals surface area contributed by atoms with Gasteiger partial charge in [-0.2, -0.15) is 0 Å². The first kappa shape index (κ1) is 18.2. The Morgan fingerprint density at radius 1 is 1.14 bits per heavy atom. The highest BCUT2D eigenvalue weighted by Gasteiger charge is 2.27. The molecule has 1 aliphatic rings. The summed E-state index contributed by atoms with van der Waals surface area (Å²) in [5.74, 6) is 0.00668. The van der Waals surface area contributed by atoms with Crippen LogP contribution in [0, 0.1) is 0 Å². The van der Waals surface area contributed by atoms with Crippen molar-refractivity contribution in [1.29, 1.82) is 0 Å². The molecule has 0 saturated carbocycles. The van der Waals surface area contributed by atoms with E-state index in [1.807, 2.05) is 29.2 Å². The summed E-state index contributed by atoms with van der Waals surface area (Å²) in [6, 6.07) is 14.4. The van der Waals surface area contributed by atoms with Crippen LogP contribution in [0.25, 0.3) is 11.1 Å². The number of para-hydroxylation sites is 2. The summed E-state index contributed by atoms with van der Waals surface area (Å²) in [5.41, 5.74) is 2.86. The fraction of sp³-hybridized carbons (Fsp3) is 0.318. The summed E-state index contributed by atoms with van der Waals surface area (Å²) < 4.78 is 5.90. The number of nitrogens with zero attached hydrogens (tertiary/aromatic N) is 2. The number of likely N-dealkylation sites (tertiary alicyclic amines) is 1. The first-order valence-electron chi connectivity index (χ1n) is 9.55. The van der Waals surface area contributed by atoms with E-state index in [1.54, 1.807) is 24.3 Å². The highest BCUT2D eigenvalue weighted by Crippen LogP contribution is 2.29. The van der Waals surface area contributed by atoms with E-state index in [2.05, 4.69) is 4.98 Å². The minimum absolute atomic E-state index is 0.114. The summed E-state index contributed by atoms with van der Waals surface area (Å²) in [7, 11) is 0. The Kier molecular flexibility index (Phi) is 5.10. The number of carboxylic acid groups (broad SMARTS) is 1. The number of oxazole rings is 1. The Labute approximate surface area is 162 Å². The second kappa shape index (κ2) is 7.84. The molecule has 1 fully saturated rings. The van der Waals surface area contributed by atoms with E-state index < -0.39 is 5.97 Å². The molecule has 4 rings (SSSR count). The molecule has 2 heterocycles. The molecular formula is C22H22N2O4. The Morgan fingerprint density at radius 2 is 1.93 bits per heavy atom. The topological polar surface area (TPSA) is 83.6 Å². The van der Waals surface area contributed by atoms with Crippen molar-refractivity contribution < 1.29 is 19.1 Å². The SMILES string of the molecule is O=C(O)c1ccc(CCC(=O)N2CCCC(c3nc4ccccc4o3)C2)cc1. The van der Waals surface area contributed by atoms with Crippen LogP contribution >= 0.6 is 0 Å². The van der Waals surface area contributed by atoms with Gasteiger partial charge in [-0.25, -0.2) is 9.78 Å². The van der Waals surface area contributed by atoms with Crippen LogP contribution in [0.2, 0.25) is 0 Å². The maximum Gasteiger partial charge on any atom is 0.335 e. The molecule has 6 heteroatoms. The molecule has 1 saturated heterocycles. The zero-order chi connectivity index (χ0) is 19.5. The maximum absolute atomic E-state index is 12.7. The van der Waals surface area contributed by atoms with Crippen molar-refractivity contribution in [3.63, 3.8) is 0 Å². The van der Waals surface area contributed by atoms with E-state index >= 15 is 0 Å². The molecule has 28 heavy (non-hydrogen) atoms. The molecule has 0 bridgehead atoms. The van der Waals surface area contributed by atoms with E-state index in [9.17, 15) is 9.59 Å².